The first-order valence-corrected chi connectivity index (χ1v) is 6.16. The molecule has 3 nitrogen and oxygen atoms in total. The molecule has 0 radical (unpaired) electrons. The Hall–Kier alpha value is -1.28. The first-order valence-electron chi connectivity index (χ1n) is 4.34. The predicted molar refractivity (Wildman–Crippen MR) is 59.2 cm³/mol. The number of alkyl halides is 3. The smallest absolute Gasteiger partial charge is 0.361 e. The molecule has 18 heavy (non-hydrogen) atoms. The van der Waals surface area contributed by atoms with E-state index in [0.717, 1.165) is 6.07 Å². The van der Waals surface area contributed by atoms with E-state index in [1.807, 2.05) is 0 Å². The molecule has 1 rings (SSSR count). The molecule has 1 N–H and O–H groups in total. The Morgan fingerprint density at radius 1 is 1.28 bits per heavy atom. The Morgan fingerprint density at radius 2 is 1.89 bits per heavy atom. The Labute approximate surface area is 105 Å². The third kappa shape index (κ3) is 4.53. The minimum Gasteiger partial charge on any atom is -0.361 e. The lowest BCUT2D eigenvalue weighted by molar-refractivity contribution is -0.137. The van der Waals surface area contributed by atoms with Gasteiger partial charge in [0.25, 0.3) is 0 Å². The van der Waals surface area contributed by atoms with Gasteiger partial charge in [-0.2, -0.15) is 21.6 Å². The molecule has 0 unspecified atom stereocenters. The molecule has 0 aliphatic heterocycles. The van der Waals surface area contributed by atoms with Gasteiger partial charge in [-0.05, 0) is 18.2 Å². The van der Waals surface area contributed by atoms with Crippen molar-refractivity contribution in [3.8, 4) is 0 Å². The van der Waals surface area contributed by atoms with Crippen LogP contribution in [0, 0.1) is 0 Å². The van der Waals surface area contributed by atoms with E-state index in [1.165, 1.54) is 6.07 Å². The summed E-state index contributed by atoms with van der Waals surface area (Å²) in [6.07, 6.45) is -3.97. The molecule has 0 atom stereocenters. The van der Waals surface area contributed by atoms with Crippen LogP contribution in [-0.2, 0) is 16.4 Å². The van der Waals surface area contributed by atoms with Crippen molar-refractivity contribution in [2.75, 3.05) is 5.32 Å². The zero-order valence-corrected chi connectivity index (χ0v) is 10.1. The van der Waals surface area contributed by atoms with E-state index in [1.54, 1.807) is 0 Å². The molecular weight excluding hydrogens is 298 g/mol. The molecule has 1 aromatic rings. The first kappa shape index (κ1) is 14.8. The zero-order valence-electron chi connectivity index (χ0n) is 8.50. The zero-order chi connectivity index (χ0) is 14.0. The van der Waals surface area contributed by atoms with Gasteiger partial charge in [-0.25, -0.2) is 0 Å². The lowest BCUT2D eigenvalue weighted by atomic mass is 10.2. The monoisotopic (exact) mass is 303 g/mol. The number of halogens is 5. The molecule has 0 spiro atoms. The van der Waals surface area contributed by atoms with Crippen LogP contribution in [0.4, 0.5) is 22.7 Å². The maximum absolute atomic E-state index is 12.5. The second-order valence-corrected chi connectivity index (χ2v) is 4.75. The Balaban J connectivity index is 2.97. The number of hydrogen-bond acceptors (Lipinski definition) is 3. The van der Waals surface area contributed by atoms with Crippen molar-refractivity contribution >= 4 is 27.5 Å². The Kier molecular flexibility index (Phi) is 4.23. The molecule has 0 saturated carbocycles. The average molecular weight is 304 g/mol. The lowest BCUT2D eigenvalue weighted by Crippen LogP contribution is -2.06. The molecule has 0 fully saturated rings. The van der Waals surface area contributed by atoms with E-state index in [9.17, 15) is 25.5 Å². The second kappa shape index (κ2) is 5.15. The fourth-order valence-electron chi connectivity index (χ4n) is 1.04. The SMILES string of the molecule is O=S(=O)(F)C=CNc1ccc(Cl)c(C(F)(F)F)c1. The summed E-state index contributed by atoms with van der Waals surface area (Å²) in [6, 6.07) is 2.86. The van der Waals surface area contributed by atoms with E-state index in [2.05, 4.69) is 5.32 Å². The van der Waals surface area contributed by atoms with Crippen molar-refractivity contribution in [2.24, 2.45) is 0 Å². The van der Waals surface area contributed by atoms with E-state index in [0.29, 0.717) is 12.3 Å². The van der Waals surface area contributed by atoms with Gasteiger partial charge >= 0.3 is 16.4 Å². The summed E-state index contributed by atoms with van der Waals surface area (Å²) in [5.74, 6) is 0. The van der Waals surface area contributed by atoms with E-state index in [-0.39, 0.29) is 11.1 Å². The molecule has 100 valence electrons. The maximum atomic E-state index is 12.5. The van der Waals surface area contributed by atoms with E-state index < -0.39 is 27.0 Å². The van der Waals surface area contributed by atoms with Gasteiger partial charge in [-0.1, -0.05) is 11.6 Å². The highest BCUT2D eigenvalue weighted by molar-refractivity contribution is 7.89. The van der Waals surface area contributed by atoms with Gasteiger partial charge in [0, 0.05) is 11.9 Å². The summed E-state index contributed by atoms with van der Waals surface area (Å²) >= 11 is 5.37. The Morgan fingerprint density at radius 3 is 2.39 bits per heavy atom. The highest BCUT2D eigenvalue weighted by atomic mass is 35.5. The molecule has 0 heterocycles. The van der Waals surface area contributed by atoms with E-state index >= 15 is 0 Å². The highest BCUT2D eigenvalue weighted by Gasteiger charge is 2.33. The maximum Gasteiger partial charge on any atom is 0.417 e. The van der Waals surface area contributed by atoms with Crippen LogP contribution >= 0.6 is 11.6 Å². The van der Waals surface area contributed by atoms with Crippen LogP contribution in [-0.4, -0.2) is 8.42 Å². The third-order valence-corrected chi connectivity index (χ3v) is 2.54. The summed E-state index contributed by atoms with van der Waals surface area (Å²) in [7, 11) is -4.83. The first-order chi connectivity index (χ1) is 8.09. The normalized spacial score (nSPS) is 12.9. The number of nitrogens with one attached hydrogen (secondary N) is 1. The number of benzene rings is 1. The third-order valence-electron chi connectivity index (χ3n) is 1.75. The summed E-state index contributed by atoms with van der Waals surface area (Å²) in [5.41, 5.74) is -1.16. The largest absolute Gasteiger partial charge is 0.417 e. The molecule has 1 aromatic carbocycles. The van der Waals surface area contributed by atoms with Crippen LogP contribution in [0.1, 0.15) is 5.56 Å². The van der Waals surface area contributed by atoms with E-state index in [4.69, 9.17) is 11.6 Å². The minimum absolute atomic E-state index is 0.0772. The number of hydrogen-bond donors (Lipinski definition) is 1. The molecule has 0 saturated heterocycles. The van der Waals surface area contributed by atoms with Gasteiger partial charge < -0.3 is 5.32 Å². The van der Waals surface area contributed by atoms with Gasteiger partial charge in [0.05, 0.1) is 16.0 Å². The van der Waals surface area contributed by atoms with Crippen molar-refractivity contribution in [1.29, 1.82) is 0 Å². The van der Waals surface area contributed by atoms with Crippen molar-refractivity contribution in [3.05, 3.63) is 40.4 Å². The lowest BCUT2D eigenvalue weighted by Gasteiger charge is -2.10. The minimum atomic E-state index is -4.83. The van der Waals surface area contributed by atoms with Gasteiger partial charge in [0.2, 0.25) is 0 Å². The molecule has 0 aliphatic carbocycles. The van der Waals surface area contributed by atoms with Gasteiger partial charge in [0.1, 0.15) is 0 Å². The molecule has 0 aliphatic rings. The summed E-state index contributed by atoms with van der Waals surface area (Å²) < 4.78 is 69.6. The Bertz CT molecular complexity index is 568. The van der Waals surface area contributed by atoms with Crippen molar-refractivity contribution < 1.29 is 25.5 Å². The van der Waals surface area contributed by atoms with Crippen LogP contribution in [0.15, 0.2) is 29.8 Å². The van der Waals surface area contributed by atoms with Crippen LogP contribution < -0.4 is 5.32 Å². The quantitative estimate of drug-likeness (QED) is 0.686. The van der Waals surface area contributed by atoms with Crippen molar-refractivity contribution in [1.82, 2.24) is 0 Å². The molecule has 9 heteroatoms. The summed E-state index contributed by atoms with van der Waals surface area (Å²) in [5, 5.41) is 1.87. The molecule has 0 aromatic heterocycles. The molecular formula is C9H6ClF4NO2S. The molecule has 0 amide bonds. The fraction of sp³-hybridized carbons (Fsp3) is 0.111. The second-order valence-electron chi connectivity index (χ2n) is 3.12. The van der Waals surface area contributed by atoms with Crippen LogP contribution in [0.25, 0.3) is 0 Å². The highest BCUT2D eigenvalue weighted by Crippen LogP contribution is 2.36. The van der Waals surface area contributed by atoms with Crippen molar-refractivity contribution in [3.63, 3.8) is 0 Å². The van der Waals surface area contributed by atoms with Crippen LogP contribution in [0.2, 0.25) is 5.02 Å². The fourth-order valence-corrected chi connectivity index (χ4v) is 1.50. The van der Waals surface area contributed by atoms with Gasteiger partial charge in [0.15, 0.2) is 0 Å². The average Bonchev–Trinajstić information content (AvgIpc) is 2.17. The topological polar surface area (TPSA) is 46.2 Å². The molecule has 0 bridgehead atoms. The van der Waals surface area contributed by atoms with Crippen molar-refractivity contribution in [2.45, 2.75) is 6.18 Å². The standard InChI is InChI=1S/C9H6ClF4NO2S/c10-8-2-1-6(5-7(8)9(11,12)13)15-3-4-18(14,16)17/h1-5,15H. The van der Waals surface area contributed by atoms with Gasteiger partial charge in [-0.3, -0.25) is 0 Å². The van der Waals surface area contributed by atoms with Gasteiger partial charge in [-0.15, -0.1) is 3.89 Å². The van der Waals surface area contributed by atoms with Crippen LogP contribution in [0.3, 0.4) is 0 Å². The predicted octanol–water partition coefficient (Wildman–Crippen LogP) is 3.54. The summed E-state index contributed by atoms with van der Waals surface area (Å²) in [6.45, 7) is 0. The number of anilines is 1. The summed E-state index contributed by atoms with van der Waals surface area (Å²) in [4.78, 5) is 0. The number of rotatable bonds is 3. The van der Waals surface area contributed by atoms with Crippen LogP contribution in [0.5, 0.6) is 0 Å².